The minimum atomic E-state index is -3.67. The van der Waals surface area contributed by atoms with Crippen molar-refractivity contribution in [2.24, 2.45) is 0 Å². The first-order chi connectivity index (χ1) is 14.0. The molecule has 1 saturated heterocycles. The van der Waals surface area contributed by atoms with E-state index in [-0.39, 0.29) is 24.5 Å². The highest BCUT2D eigenvalue weighted by Gasteiger charge is 2.32. The van der Waals surface area contributed by atoms with Crippen LogP contribution in [0.15, 0.2) is 23.1 Å². The minimum absolute atomic E-state index is 0.107. The Hall–Kier alpha value is -2.37. The number of hydrogen-bond donors (Lipinski definition) is 3. The van der Waals surface area contributed by atoms with Crippen molar-refractivity contribution in [3.8, 4) is 11.5 Å². The van der Waals surface area contributed by atoms with Gasteiger partial charge in [0.2, 0.25) is 10.0 Å². The molecule has 1 fully saturated rings. The Balaban J connectivity index is 1.53. The number of amides is 3. The molecule has 0 radical (unpaired) electrons. The number of ether oxygens (including phenoxy) is 2. The largest absolute Gasteiger partial charge is 0.486 e. The van der Waals surface area contributed by atoms with Crippen LogP contribution in [0.1, 0.15) is 20.8 Å². The molecule has 0 saturated carbocycles. The molecule has 1 aromatic rings. The summed E-state index contributed by atoms with van der Waals surface area (Å²) >= 11 is 0. The van der Waals surface area contributed by atoms with Gasteiger partial charge in [-0.3, -0.25) is 10.1 Å². The van der Waals surface area contributed by atoms with E-state index in [1.165, 1.54) is 16.4 Å². The van der Waals surface area contributed by atoms with E-state index < -0.39 is 27.5 Å². The van der Waals surface area contributed by atoms with Gasteiger partial charge in [-0.2, -0.15) is 4.31 Å². The summed E-state index contributed by atoms with van der Waals surface area (Å²) < 4.78 is 38.3. The number of carbonyl (C=O) groups excluding carboxylic acids is 2. The molecule has 0 aromatic heterocycles. The third-order valence-electron chi connectivity index (χ3n) is 4.73. The average Bonchev–Trinajstić information content (AvgIpc) is 2.66. The summed E-state index contributed by atoms with van der Waals surface area (Å²) in [5.74, 6) is 0.572. The highest BCUT2D eigenvalue weighted by Crippen LogP contribution is 2.33. The van der Waals surface area contributed by atoms with Gasteiger partial charge in [-0.1, -0.05) is 0 Å². The van der Waals surface area contributed by atoms with Gasteiger partial charge in [-0.25, -0.2) is 13.2 Å². The van der Waals surface area contributed by atoms with Gasteiger partial charge in [0.15, 0.2) is 18.0 Å². The lowest BCUT2D eigenvalue weighted by atomic mass is 10.1. The first-order valence-corrected chi connectivity index (χ1v) is 11.3. The van der Waals surface area contributed by atoms with Crippen LogP contribution in [0, 0.1) is 0 Å². The zero-order valence-electron chi connectivity index (χ0n) is 17.5. The molecule has 166 valence electrons. The van der Waals surface area contributed by atoms with Gasteiger partial charge in [0.25, 0.3) is 5.91 Å². The van der Waals surface area contributed by atoms with Gasteiger partial charge < -0.3 is 19.7 Å². The molecule has 11 heteroatoms. The predicted molar refractivity (Wildman–Crippen MR) is 108 cm³/mol. The topological polar surface area (TPSA) is 118 Å². The fourth-order valence-electron chi connectivity index (χ4n) is 3.32. The molecule has 10 nitrogen and oxygen atoms in total. The summed E-state index contributed by atoms with van der Waals surface area (Å²) in [5.41, 5.74) is -0.439. The Kier molecular flexibility index (Phi) is 6.53. The maximum atomic E-state index is 13.0. The molecule has 0 bridgehead atoms. The number of piperazine rings is 1. The molecule has 3 N–H and O–H groups in total. The minimum Gasteiger partial charge on any atom is -0.486 e. The van der Waals surface area contributed by atoms with E-state index in [9.17, 15) is 18.0 Å². The van der Waals surface area contributed by atoms with Crippen molar-refractivity contribution >= 4 is 22.0 Å². The van der Waals surface area contributed by atoms with Gasteiger partial charge in [0.05, 0.1) is 31.1 Å². The number of nitrogens with one attached hydrogen (secondary N) is 3. The van der Waals surface area contributed by atoms with Crippen LogP contribution < -0.4 is 25.0 Å². The summed E-state index contributed by atoms with van der Waals surface area (Å²) in [4.78, 5) is 25.0. The third-order valence-corrected chi connectivity index (χ3v) is 6.63. The molecular formula is C19H29N4O6S+. The van der Waals surface area contributed by atoms with E-state index in [1.54, 1.807) is 6.07 Å². The number of fused-ring (bicyclic) bond motifs is 1. The molecule has 0 atom stereocenters. The number of carbonyl (C=O) groups is 2. The number of hydrogen-bond acceptors (Lipinski definition) is 6. The van der Waals surface area contributed by atoms with E-state index in [4.69, 9.17) is 9.47 Å². The second-order valence-corrected chi connectivity index (χ2v) is 10.3. The fourth-order valence-corrected chi connectivity index (χ4v) is 4.78. The molecule has 3 rings (SSSR count). The quantitative estimate of drug-likeness (QED) is 0.550. The maximum absolute atomic E-state index is 13.0. The van der Waals surface area contributed by atoms with E-state index in [0.717, 1.165) is 4.90 Å². The van der Waals surface area contributed by atoms with Gasteiger partial charge in [-0.15, -0.1) is 0 Å². The van der Waals surface area contributed by atoms with Crippen LogP contribution >= 0.6 is 0 Å². The van der Waals surface area contributed by atoms with Crippen LogP contribution in [0.3, 0.4) is 0 Å². The van der Waals surface area contributed by atoms with E-state index >= 15 is 0 Å². The summed E-state index contributed by atoms with van der Waals surface area (Å²) in [7, 11) is -3.67. The molecule has 0 unspecified atom stereocenters. The van der Waals surface area contributed by atoms with Crippen molar-refractivity contribution in [2.45, 2.75) is 31.2 Å². The molecule has 30 heavy (non-hydrogen) atoms. The Labute approximate surface area is 176 Å². The second kappa shape index (κ2) is 8.78. The molecule has 0 spiro atoms. The Morgan fingerprint density at radius 3 is 2.37 bits per heavy atom. The number of rotatable bonds is 4. The predicted octanol–water partition coefficient (Wildman–Crippen LogP) is -1.03. The maximum Gasteiger partial charge on any atom is 0.322 e. The zero-order valence-corrected chi connectivity index (χ0v) is 18.3. The molecule has 1 aromatic carbocycles. The Bertz CT molecular complexity index is 904. The number of urea groups is 1. The van der Waals surface area contributed by atoms with Gasteiger partial charge >= 0.3 is 6.03 Å². The van der Waals surface area contributed by atoms with Crippen molar-refractivity contribution in [2.75, 3.05) is 45.9 Å². The number of quaternary nitrogens is 1. The first kappa shape index (κ1) is 22.3. The lowest BCUT2D eigenvalue weighted by Crippen LogP contribution is -3.15. The van der Waals surface area contributed by atoms with Crippen molar-refractivity contribution in [3.05, 3.63) is 18.2 Å². The van der Waals surface area contributed by atoms with E-state index in [1.807, 2.05) is 20.8 Å². The SMILES string of the molecule is CC(C)(C)NC(=O)NC(=O)C[NH+]1CCN(S(=O)(=O)c2ccc3c(c2)OCCO3)CC1. The molecular weight excluding hydrogens is 412 g/mol. The van der Waals surface area contributed by atoms with Crippen LogP contribution in [0.5, 0.6) is 11.5 Å². The van der Waals surface area contributed by atoms with Crippen molar-refractivity contribution in [3.63, 3.8) is 0 Å². The number of sulfonamides is 1. The van der Waals surface area contributed by atoms with Crippen molar-refractivity contribution < 1.29 is 32.4 Å². The smallest absolute Gasteiger partial charge is 0.322 e. The number of imide groups is 1. The van der Waals surface area contributed by atoms with E-state index in [2.05, 4.69) is 10.6 Å². The summed E-state index contributed by atoms with van der Waals surface area (Å²) in [6, 6.07) is 4.08. The van der Waals surface area contributed by atoms with Crippen molar-refractivity contribution in [1.29, 1.82) is 0 Å². The molecule has 0 aliphatic carbocycles. The van der Waals surface area contributed by atoms with Crippen molar-refractivity contribution in [1.82, 2.24) is 14.9 Å². The average molecular weight is 442 g/mol. The molecule has 2 aliphatic heterocycles. The number of nitrogens with zero attached hydrogens (tertiary/aromatic N) is 1. The fraction of sp³-hybridized carbons (Fsp3) is 0.579. The van der Waals surface area contributed by atoms with Gasteiger partial charge in [-0.05, 0) is 32.9 Å². The van der Waals surface area contributed by atoms with Crippen LogP contribution in [-0.2, 0) is 14.8 Å². The molecule has 2 aliphatic rings. The monoisotopic (exact) mass is 441 g/mol. The van der Waals surface area contributed by atoms with Gasteiger partial charge in [0, 0.05) is 11.6 Å². The highest BCUT2D eigenvalue weighted by molar-refractivity contribution is 7.89. The van der Waals surface area contributed by atoms with Crippen LogP contribution in [0.4, 0.5) is 4.79 Å². The molecule has 2 heterocycles. The Morgan fingerprint density at radius 1 is 1.10 bits per heavy atom. The summed E-state index contributed by atoms with van der Waals surface area (Å²) in [6.45, 7) is 7.91. The highest BCUT2D eigenvalue weighted by atomic mass is 32.2. The van der Waals surface area contributed by atoms with Crippen LogP contribution in [0.25, 0.3) is 0 Å². The summed E-state index contributed by atoms with van der Waals surface area (Å²) in [6.07, 6.45) is 0. The lowest BCUT2D eigenvalue weighted by molar-refractivity contribution is -0.895. The van der Waals surface area contributed by atoms with E-state index in [0.29, 0.717) is 37.8 Å². The van der Waals surface area contributed by atoms with Crippen LogP contribution in [-0.4, -0.2) is 76.1 Å². The number of benzene rings is 1. The van der Waals surface area contributed by atoms with Crippen LogP contribution in [0.2, 0.25) is 0 Å². The Morgan fingerprint density at radius 2 is 1.73 bits per heavy atom. The first-order valence-electron chi connectivity index (χ1n) is 9.90. The second-order valence-electron chi connectivity index (χ2n) is 8.39. The normalized spacial score (nSPS) is 18.0. The molecule has 3 amide bonds. The van der Waals surface area contributed by atoms with Gasteiger partial charge in [0.1, 0.15) is 13.2 Å². The standard InChI is InChI=1S/C19H28N4O6S/c1-19(2,3)21-18(25)20-17(24)13-22-6-8-23(9-7-22)30(26,27)14-4-5-15-16(12-14)29-11-10-28-15/h4-5,12H,6-11,13H2,1-3H3,(H2,20,21,24,25)/p+1. The lowest BCUT2D eigenvalue weighted by Gasteiger charge is -2.31. The zero-order chi connectivity index (χ0) is 21.9. The summed E-state index contributed by atoms with van der Waals surface area (Å²) in [5, 5.41) is 4.98. The third kappa shape index (κ3) is 5.61.